The molecule has 0 saturated heterocycles. The van der Waals surface area contributed by atoms with Crippen molar-refractivity contribution in [3.05, 3.63) is 35.1 Å². The van der Waals surface area contributed by atoms with Crippen molar-refractivity contribution in [3.8, 4) is 0 Å². The Morgan fingerprint density at radius 1 is 1.32 bits per heavy atom. The molecule has 3 heteroatoms. The number of hydrogen-bond donors (Lipinski definition) is 0. The first-order chi connectivity index (χ1) is 8.90. The molecule has 0 spiro atoms. The van der Waals surface area contributed by atoms with Gasteiger partial charge in [0.25, 0.3) is 0 Å². The highest BCUT2D eigenvalue weighted by atomic mass is 16.3. The average Bonchev–Trinajstić information content (AvgIpc) is 2.70. The maximum atomic E-state index is 11.8. The minimum atomic E-state index is 0.0920. The average molecular weight is 259 g/mol. The molecule has 0 aliphatic rings. The van der Waals surface area contributed by atoms with Crippen LogP contribution in [0.3, 0.4) is 0 Å². The van der Waals surface area contributed by atoms with Crippen molar-refractivity contribution < 1.29 is 9.21 Å². The smallest absolute Gasteiger partial charge is 0.226 e. The van der Waals surface area contributed by atoms with Gasteiger partial charge in [-0.15, -0.1) is 0 Å². The van der Waals surface area contributed by atoms with E-state index in [1.165, 1.54) is 11.1 Å². The summed E-state index contributed by atoms with van der Waals surface area (Å²) in [4.78, 5) is 13.4. The lowest BCUT2D eigenvalue weighted by Gasteiger charge is -2.11. The number of benzene rings is 1. The highest BCUT2D eigenvalue weighted by Gasteiger charge is 2.14. The van der Waals surface area contributed by atoms with Gasteiger partial charge in [-0.1, -0.05) is 13.8 Å². The molecule has 1 heterocycles. The Kier molecular flexibility index (Phi) is 3.65. The van der Waals surface area contributed by atoms with Crippen LogP contribution in [-0.2, 0) is 11.2 Å². The van der Waals surface area contributed by atoms with Gasteiger partial charge in [0.1, 0.15) is 5.58 Å². The van der Waals surface area contributed by atoms with Gasteiger partial charge in [0.05, 0.1) is 12.7 Å². The third-order valence-corrected chi connectivity index (χ3v) is 3.50. The predicted molar refractivity (Wildman–Crippen MR) is 77.4 cm³/mol. The molecule has 3 nitrogen and oxygen atoms in total. The van der Waals surface area contributed by atoms with Crippen molar-refractivity contribution in [3.63, 3.8) is 0 Å². The molecule has 19 heavy (non-hydrogen) atoms. The molecular formula is C16H21NO2. The van der Waals surface area contributed by atoms with E-state index < -0.39 is 0 Å². The highest BCUT2D eigenvalue weighted by molar-refractivity contribution is 5.88. The van der Waals surface area contributed by atoms with Crippen LogP contribution in [0, 0.1) is 6.92 Å². The molecule has 0 atom stereocenters. The van der Waals surface area contributed by atoms with Gasteiger partial charge in [-0.3, -0.25) is 4.79 Å². The summed E-state index contributed by atoms with van der Waals surface area (Å²) in [6.45, 7) is 6.46. The Hall–Kier alpha value is -1.77. The monoisotopic (exact) mass is 259 g/mol. The van der Waals surface area contributed by atoms with E-state index in [0.717, 1.165) is 16.5 Å². The second-order valence-corrected chi connectivity index (χ2v) is 5.59. The van der Waals surface area contributed by atoms with E-state index in [9.17, 15) is 4.79 Å². The molecule has 1 aromatic heterocycles. The Balaban J connectivity index is 2.47. The first-order valence-corrected chi connectivity index (χ1v) is 6.61. The number of carbonyl (C=O) groups excluding carboxylic acids is 1. The third-order valence-electron chi connectivity index (χ3n) is 3.50. The number of fused-ring (bicyclic) bond motifs is 1. The van der Waals surface area contributed by atoms with Crippen LogP contribution in [0.5, 0.6) is 0 Å². The van der Waals surface area contributed by atoms with Crippen molar-refractivity contribution in [2.45, 2.75) is 33.1 Å². The molecule has 0 N–H and O–H groups in total. The summed E-state index contributed by atoms with van der Waals surface area (Å²) in [5.74, 6) is 0.561. The van der Waals surface area contributed by atoms with Crippen molar-refractivity contribution in [1.29, 1.82) is 0 Å². The Bertz CT molecular complexity index is 608. The summed E-state index contributed by atoms with van der Waals surface area (Å²) in [6, 6.07) is 4.23. The summed E-state index contributed by atoms with van der Waals surface area (Å²) in [7, 11) is 3.54. The number of nitrogens with zero attached hydrogens (tertiary/aromatic N) is 1. The fourth-order valence-electron chi connectivity index (χ4n) is 2.32. The molecule has 0 radical (unpaired) electrons. The number of hydrogen-bond acceptors (Lipinski definition) is 2. The fourth-order valence-corrected chi connectivity index (χ4v) is 2.32. The van der Waals surface area contributed by atoms with Gasteiger partial charge in [0, 0.05) is 25.0 Å². The summed E-state index contributed by atoms with van der Waals surface area (Å²) in [6.07, 6.45) is 2.09. The van der Waals surface area contributed by atoms with Gasteiger partial charge in [-0.25, -0.2) is 0 Å². The van der Waals surface area contributed by atoms with Crippen LogP contribution in [0.4, 0.5) is 0 Å². The lowest BCUT2D eigenvalue weighted by atomic mass is 9.95. The van der Waals surface area contributed by atoms with Crippen LogP contribution >= 0.6 is 0 Å². The third kappa shape index (κ3) is 2.65. The first kappa shape index (κ1) is 13.7. The van der Waals surface area contributed by atoms with Gasteiger partial charge in [-0.2, -0.15) is 0 Å². The number of likely N-dealkylation sites (N-methyl/N-ethyl adjacent to an activating group) is 1. The van der Waals surface area contributed by atoms with Gasteiger partial charge in [0.15, 0.2) is 0 Å². The summed E-state index contributed by atoms with van der Waals surface area (Å²) >= 11 is 0. The standard InChI is InChI=1S/C16H21NO2/c1-10(2)13-8-14-12(7-16(18)17(4)5)9-19-15(14)6-11(13)3/h6,8-10H,7H2,1-5H3. The van der Waals surface area contributed by atoms with Crippen molar-refractivity contribution >= 4 is 16.9 Å². The second-order valence-electron chi connectivity index (χ2n) is 5.59. The molecule has 1 amide bonds. The SMILES string of the molecule is Cc1cc2occ(CC(=O)N(C)C)c2cc1C(C)C. The molecule has 0 fully saturated rings. The van der Waals surface area contributed by atoms with Crippen molar-refractivity contribution in [2.24, 2.45) is 0 Å². The van der Waals surface area contributed by atoms with Crippen LogP contribution < -0.4 is 0 Å². The summed E-state index contributed by atoms with van der Waals surface area (Å²) in [5.41, 5.74) is 4.38. The largest absolute Gasteiger partial charge is 0.464 e. The van der Waals surface area contributed by atoms with E-state index in [-0.39, 0.29) is 5.91 Å². The number of carbonyl (C=O) groups is 1. The molecule has 0 unspecified atom stereocenters. The summed E-state index contributed by atoms with van der Waals surface area (Å²) in [5, 5.41) is 1.06. The van der Waals surface area contributed by atoms with E-state index in [2.05, 4.69) is 32.9 Å². The van der Waals surface area contributed by atoms with E-state index in [1.807, 2.05) is 0 Å². The van der Waals surface area contributed by atoms with Crippen molar-refractivity contribution in [1.82, 2.24) is 4.90 Å². The molecule has 1 aromatic carbocycles. The molecule has 102 valence electrons. The number of aryl methyl sites for hydroxylation is 1. The van der Waals surface area contributed by atoms with Crippen LogP contribution in [0.25, 0.3) is 11.0 Å². The molecular weight excluding hydrogens is 238 g/mol. The normalized spacial score (nSPS) is 11.3. The second kappa shape index (κ2) is 5.08. The predicted octanol–water partition coefficient (Wildman–Crippen LogP) is 3.50. The number of furan rings is 1. The zero-order valence-corrected chi connectivity index (χ0v) is 12.3. The molecule has 0 aliphatic heterocycles. The Labute approximate surface area is 114 Å². The molecule has 2 aromatic rings. The van der Waals surface area contributed by atoms with Gasteiger partial charge < -0.3 is 9.32 Å². The lowest BCUT2D eigenvalue weighted by molar-refractivity contribution is -0.127. The van der Waals surface area contributed by atoms with Gasteiger partial charge in [-0.05, 0) is 36.1 Å². The molecule has 0 saturated carbocycles. The zero-order valence-electron chi connectivity index (χ0n) is 12.3. The maximum Gasteiger partial charge on any atom is 0.226 e. The zero-order chi connectivity index (χ0) is 14.2. The van der Waals surface area contributed by atoms with Crippen LogP contribution in [0.1, 0.15) is 36.5 Å². The van der Waals surface area contributed by atoms with Crippen LogP contribution in [0.2, 0.25) is 0 Å². The maximum absolute atomic E-state index is 11.8. The van der Waals surface area contributed by atoms with Crippen molar-refractivity contribution in [2.75, 3.05) is 14.1 Å². The Morgan fingerprint density at radius 3 is 2.58 bits per heavy atom. The van der Waals surface area contributed by atoms with E-state index >= 15 is 0 Å². The van der Waals surface area contributed by atoms with Crippen LogP contribution in [0.15, 0.2) is 22.8 Å². The van der Waals surface area contributed by atoms with E-state index in [1.54, 1.807) is 25.3 Å². The van der Waals surface area contributed by atoms with Gasteiger partial charge in [0.2, 0.25) is 5.91 Å². The first-order valence-electron chi connectivity index (χ1n) is 6.61. The molecule has 0 aliphatic carbocycles. The van der Waals surface area contributed by atoms with Crippen LogP contribution in [-0.4, -0.2) is 24.9 Å². The molecule has 0 bridgehead atoms. The highest BCUT2D eigenvalue weighted by Crippen LogP contribution is 2.29. The molecule has 2 rings (SSSR count). The minimum absolute atomic E-state index is 0.0920. The summed E-state index contributed by atoms with van der Waals surface area (Å²) < 4.78 is 5.57. The number of rotatable bonds is 3. The van der Waals surface area contributed by atoms with E-state index in [0.29, 0.717) is 12.3 Å². The quantitative estimate of drug-likeness (QED) is 0.845. The van der Waals surface area contributed by atoms with E-state index in [4.69, 9.17) is 4.42 Å². The number of amides is 1. The van der Waals surface area contributed by atoms with Gasteiger partial charge >= 0.3 is 0 Å². The minimum Gasteiger partial charge on any atom is -0.464 e. The Morgan fingerprint density at radius 2 is 2.00 bits per heavy atom. The lowest BCUT2D eigenvalue weighted by Crippen LogP contribution is -2.23. The fraction of sp³-hybridized carbons (Fsp3) is 0.438. The topological polar surface area (TPSA) is 33.5 Å².